The van der Waals surface area contributed by atoms with E-state index in [4.69, 9.17) is 0 Å². The second kappa shape index (κ2) is 12.7. The zero-order valence-corrected chi connectivity index (χ0v) is 22.4. The van der Waals surface area contributed by atoms with Crippen molar-refractivity contribution in [2.24, 2.45) is 11.8 Å². The van der Waals surface area contributed by atoms with Gasteiger partial charge in [-0.25, -0.2) is 4.39 Å². The smallest absolute Gasteiger partial charge is 0.257 e. The first kappa shape index (κ1) is 28.0. The molecule has 4 amide bonds. The number of piperidine rings is 1. The van der Waals surface area contributed by atoms with Crippen molar-refractivity contribution < 1.29 is 23.6 Å². The van der Waals surface area contributed by atoms with Crippen LogP contribution in [0.15, 0.2) is 18.2 Å². The van der Waals surface area contributed by atoms with E-state index in [1.807, 2.05) is 13.8 Å². The fourth-order valence-corrected chi connectivity index (χ4v) is 5.57. The Bertz CT molecular complexity index is 1040. The number of hydrogen-bond acceptors (Lipinski definition) is 5. The molecule has 9 nitrogen and oxygen atoms in total. The Labute approximate surface area is 223 Å². The van der Waals surface area contributed by atoms with Crippen LogP contribution in [-0.2, 0) is 20.8 Å². The van der Waals surface area contributed by atoms with Crippen LogP contribution in [0.1, 0.15) is 61.9 Å². The maximum absolute atomic E-state index is 14.7. The molecule has 208 valence electrons. The van der Waals surface area contributed by atoms with E-state index in [-0.39, 0.29) is 48.2 Å². The number of nitrogens with one attached hydrogen (secondary N) is 3. The molecule has 1 aromatic carbocycles. The highest BCUT2D eigenvalue weighted by Gasteiger charge is 2.37. The van der Waals surface area contributed by atoms with E-state index in [0.717, 1.165) is 24.9 Å². The van der Waals surface area contributed by atoms with Crippen molar-refractivity contribution in [2.45, 2.75) is 64.5 Å². The van der Waals surface area contributed by atoms with Gasteiger partial charge in [-0.15, -0.1) is 0 Å². The number of rotatable bonds is 2. The number of amides is 4. The van der Waals surface area contributed by atoms with Crippen molar-refractivity contribution >= 4 is 23.6 Å². The summed E-state index contributed by atoms with van der Waals surface area (Å²) in [4.78, 5) is 56.3. The third-order valence-electron chi connectivity index (χ3n) is 7.88. The summed E-state index contributed by atoms with van der Waals surface area (Å²) < 4.78 is 14.7. The minimum Gasteiger partial charge on any atom is -0.355 e. The minimum atomic E-state index is -0.711. The van der Waals surface area contributed by atoms with E-state index in [1.54, 1.807) is 17.0 Å². The average molecular weight is 530 g/mol. The number of aryl methyl sites for hydroxylation is 1. The van der Waals surface area contributed by atoms with Crippen molar-refractivity contribution in [1.29, 1.82) is 0 Å². The number of benzene rings is 1. The van der Waals surface area contributed by atoms with Crippen LogP contribution in [0.4, 0.5) is 4.39 Å². The number of hydrogen-bond donors (Lipinski definition) is 3. The third-order valence-corrected chi connectivity index (χ3v) is 7.88. The molecule has 3 atom stereocenters. The number of halogens is 1. The first-order valence-electron chi connectivity index (χ1n) is 13.9. The number of nitrogens with zero attached hydrogens (tertiary/aromatic N) is 2. The topological polar surface area (TPSA) is 111 Å². The van der Waals surface area contributed by atoms with Crippen LogP contribution in [0.25, 0.3) is 0 Å². The van der Waals surface area contributed by atoms with E-state index in [0.29, 0.717) is 45.3 Å². The molecule has 2 saturated heterocycles. The SMILES string of the molecule is CC(C)[C@@H]1CN(C(=O)[C@@H]2CCCNC2)CC(=O)NCCCc2ccc(F)c(c2)C(=O)N2CCC[C@H]2C(=O)N1. The molecule has 0 aromatic heterocycles. The molecule has 3 N–H and O–H groups in total. The molecule has 2 fully saturated rings. The summed E-state index contributed by atoms with van der Waals surface area (Å²) >= 11 is 0. The molecule has 10 heteroatoms. The lowest BCUT2D eigenvalue weighted by molar-refractivity contribution is -0.141. The summed E-state index contributed by atoms with van der Waals surface area (Å²) in [6, 6.07) is 3.36. The van der Waals surface area contributed by atoms with Gasteiger partial charge < -0.3 is 25.8 Å². The molecule has 3 aliphatic rings. The summed E-state index contributed by atoms with van der Waals surface area (Å²) in [5.74, 6) is -1.98. The Balaban J connectivity index is 1.61. The molecule has 0 aliphatic carbocycles. The van der Waals surface area contributed by atoms with E-state index >= 15 is 0 Å². The van der Waals surface area contributed by atoms with Crippen molar-refractivity contribution in [2.75, 3.05) is 39.3 Å². The van der Waals surface area contributed by atoms with Gasteiger partial charge in [-0.2, -0.15) is 0 Å². The van der Waals surface area contributed by atoms with Crippen LogP contribution >= 0.6 is 0 Å². The molecule has 3 aliphatic heterocycles. The van der Waals surface area contributed by atoms with Gasteiger partial charge in [0.15, 0.2) is 0 Å². The van der Waals surface area contributed by atoms with Crippen LogP contribution in [0.5, 0.6) is 0 Å². The van der Waals surface area contributed by atoms with Gasteiger partial charge >= 0.3 is 0 Å². The molecular weight excluding hydrogens is 489 g/mol. The Morgan fingerprint density at radius 1 is 1.08 bits per heavy atom. The molecule has 38 heavy (non-hydrogen) atoms. The van der Waals surface area contributed by atoms with E-state index in [9.17, 15) is 23.6 Å². The van der Waals surface area contributed by atoms with Crippen LogP contribution in [0.3, 0.4) is 0 Å². The Morgan fingerprint density at radius 3 is 2.63 bits per heavy atom. The lowest BCUT2D eigenvalue weighted by Crippen LogP contribution is -2.56. The Kier molecular flexibility index (Phi) is 9.35. The Hall–Kier alpha value is -3.01. The lowest BCUT2D eigenvalue weighted by atomic mass is 9.96. The maximum atomic E-state index is 14.7. The largest absolute Gasteiger partial charge is 0.355 e. The highest BCUT2D eigenvalue weighted by atomic mass is 19.1. The van der Waals surface area contributed by atoms with E-state index < -0.39 is 23.8 Å². The minimum absolute atomic E-state index is 0.0245. The fraction of sp³-hybridized carbons (Fsp3) is 0.643. The summed E-state index contributed by atoms with van der Waals surface area (Å²) in [5.41, 5.74) is 0.754. The predicted octanol–water partition coefficient (Wildman–Crippen LogP) is 1.46. The van der Waals surface area contributed by atoms with Gasteiger partial charge in [-0.1, -0.05) is 19.9 Å². The van der Waals surface area contributed by atoms with Gasteiger partial charge in [0, 0.05) is 32.2 Å². The highest BCUT2D eigenvalue weighted by Crippen LogP contribution is 2.24. The first-order valence-corrected chi connectivity index (χ1v) is 13.9. The van der Waals surface area contributed by atoms with Gasteiger partial charge in [0.1, 0.15) is 11.9 Å². The second-order valence-electron chi connectivity index (χ2n) is 11.0. The highest BCUT2D eigenvalue weighted by molar-refractivity contribution is 5.98. The normalized spacial score (nSPS) is 26.0. The monoisotopic (exact) mass is 529 g/mol. The molecule has 4 rings (SSSR count). The lowest BCUT2D eigenvalue weighted by Gasteiger charge is -2.34. The van der Waals surface area contributed by atoms with E-state index in [1.165, 1.54) is 11.0 Å². The van der Waals surface area contributed by atoms with Crippen molar-refractivity contribution in [1.82, 2.24) is 25.8 Å². The van der Waals surface area contributed by atoms with E-state index in [2.05, 4.69) is 16.0 Å². The van der Waals surface area contributed by atoms with Gasteiger partial charge in [0.2, 0.25) is 17.7 Å². The molecule has 1 aromatic rings. The van der Waals surface area contributed by atoms with Gasteiger partial charge in [-0.3, -0.25) is 19.2 Å². The van der Waals surface area contributed by atoms with Gasteiger partial charge in [0.25, 0.3) is 5.91 Å². The number of fused-ring (bicyclic) bond motifs is 3. The van der Waals surface area contributed by atoms with Gasteiger partial charge in [0.05, 0.1) is 18.0 Å². The second-order valence-corrected chi connectivity index (χ2v) is 11.0. The van der Waals surface area contributed by atoms with Crippen molar-refractivity contribution in [3.63, 3.8) is 0 Å². The molecular formula is C28H40FN5O4. The number of carbonyl (C=O) groups excluding carboxylic acids is 4. The molecule has 3 heterocycles. The average Bonchev–Trinajstić information content (AvgIpc) is 3.40. The molecule has 2 bridgehead atoms. The molecule has 0 radical (unpaired) electrons. The fourth-order valence-electron chi connectivity index (χ4n) is 5.57. The summed E-state index contributed by atoms with van der Waals surface area (Å²) in [7, 11) is 0. The van der Waals surface area contributed by atoms with Crippen LogP contribution < -0.4 is 16.0 Å². The molecule has 0 unspecified atom stereocenters. The van der Waals surface area contributed by atoms with Crippen molar-refractivity contribution in [3.05, 3.63) is 35.1 Å². The van der Waals surface area contributed by atoms with Crippen LogP contribution in [0.2, 0.25) is 0 Å². The van der Waals surface area contributed by atoms with Crippen LogP contribution in [-0.4, -0.2) is 84.8 Å². The quantitative estimate of drug-likeness (QED) is 0.537. The summed E-state index contributed by atoms with van der Waals surface area (Å²) in [6.07, 6.45) is 3.95. The standard InChI is InChI=1S/C28H40FN5O4/c1-18(2)23-16-33(27(37)20-7-4-11-30-15-20)17-25(35)31-12-3-6-19-9-10-22(29)21(14-19)28(38)34-13-5-8-24(34)26(36)32-23/h9-10,14,18,20,23-24,30H,3-8,11-13,15-17H2,1-2H3,(H,31,35)(H,32,36)/t20-,23+,24+/m1/s1. The maximum Gasteiger partial charge on any atom is 0.257 e. The summed E-state index contributed by atoms with van der Waals surface area (Å²) in [6.45, 7) is 6.25. The molecule has 0 spiro atoms. The Morgan fingerprint density at radius 2 is 1.89 bits per heavy atom. The third kappa shape index (κ3) is 6.70. The van der Waals surface area contributed by atoms with Crippen molar-refractivity contribution in [3.8, 4) is 0 Å². The molecule has 0 saturated carbocycles. The summed E-state index contributed by atoms with van der Waals surface area (Å²) in [5, 5.41) is 9.22. The van der Waals surface area contributed by atoms with Gasteiger partial charge in [-0.05, 0) is 68.7 Å². The predicted molar refractivity (Wildman–Crippen MR) is 141 cm³/mol. The first-order chi connectivity index (χ1) is 18.2. The number of carbonyl (C=O) groups is 4. The zero-order valence-electron chi connectivity index (χ0n) is 22.4. The van der Waals surface area contributed by atoms with Crippen LogP contribution in [0, 0.1) is 17.7 Å². The zero-order chi connectivity index (χ0) is 27.2.